The summed E-state index contributed by atoms with van der Waals surface area (Å²) >= 11 is 0. The molecule has 0 amide bonds. The number of rotatable bonds is 8. The van der Waals surface area contributed by atoms with Gasteiger partial charge in [-0.25, -0.2) is 0 Å². The predicted molar refractivity (Wildman–Crippen MR) is 123 cm³/mol. The maximum atomic E-state index is 5.81. The van der Waals surface area contributed by atoms with Crippen molar-refractivity contribution in [2.75, 3.05) is 53.2 Å². The molecule has 28 heavy (non-hydrogen) atoms. The molecule has 158 valence electrons. The number of para-hydroxylation sites is 1. The first-order chi connectivity index (χ1) is 13.4. The van der Waals surface area contributed by atoms with Crippen molar-refractivity contribution >= 4 is 29.9 Å². The summed E-state index contributed by atoms with van der Waals surface area (Å²) in [5.41, 5.74) is 1.29. The molecule has 1 saturated heterocycles. The number of fused-ring (bicyclic) bond motifs is 1. The van der Waals surface area contributed by atoms with Crippen LogP contribution in [-0.4, -0.2) is 59.1 Å². The van der Waals surface area contributed by atoms with Crippen molar-refractivity contribution in [2.45, 2.75) is 31.6 Å². The van der Waals surface area contributed by atoms with E-state index in [1.807, 2.05) is 13.1 Å². The van der Waals surface area contributed by atoms with Gasteiger partial charge in [-0.1, -0.05) is 18.2 Å². The van der Waals surface area contributed by atoms with Crippen LogP contribution in [0.15, 0.2) is 29.3 Å². The molecule has 0 saturated carbocycles. The number of aliphatic imine (C=N–C) groups is 1. The summed E-state index contributed by atoms with van der Waals surface area (Å²) in [6.45, 7) is 5.91. The van der Waals surface area contributed by atoms with Crippen molar-refractivity contribution < 1.29 is 14.2 Å². The minimum absolute atomic E-state index is 0. The third-order valence-corrected chi connectivity index (χ3v) is 5.27. The molecule has 2 aliphatic rings. The fourth-order valence-electron chi connectivity index (χ4n) is 3.61. The number of guanidine groups is 1. The van der Waals surface area contributed by atoms with Crippen molar-refractivity contribution in [3.63, 3.8) is 0 Å². The molecule has 0 radical (unpaired) electrons. The van der Waals surface area contributed by atoms with E-state index in [1.54, 1.807) is 0 Å². The molecular weight excluding hydrogens is 469 g/mol. The van der Waals surface area contributed by atoms with E-state index < -0.39 is 0 Å². The Morgan fingerprint density at radius 3 is 2.79 bits per heavy atom. The Balaban J connectivity index is 0.00000280. The number of halogens is 1. The zero-order valence-corrected chi connectivity index (χ0v) is 19.2. The highest BCUT2D eigenvalue weighted by Gasteiger charge is 2.21. The van der Waals surface area contributed by atoms with E-state index >= 15 is 0 Å². The first kappa shape index (κ1) is 23.2. The summed E-state index contributed by atoms with van der Waals surface area (Å²) in [4.78, 5) is 4.33. The standard InChI is InChI=1S/C21H33N3O3.HI/c1-22-21(23-10-4-11-26-16-17-7-12-25-13-8-17)24-15-18-9-14-27-20-6-3-2-5-19(18)20;/h2-3,5-6,17-18H,4,7-16H2,1H3,(H2,22,23,24);1H. The van der Waals surface area contributed by atoms with Crippen LogP contribution in [0.1, 0.15) is 37.2 Å². The lowest BCUT2D eigenvalue weighted by molar-refractivity contribution is 0.0203. The highest BCUT2D eigenvalue weighted by molar-refractivity contribution is 14.0. The van der Waals surface area contributed by atoms with Crippen LogP contribution in [0.5, 0.6) is 5.75 Å². The Kier molecular flexibility index (Phi) is 11.0. The molecule has 0 bridgehead atoms. The van der Waals surface area contributed by atoms with Gasteiger partial charge in [-0.05, 0) is 43.2 Å². The van der Waals surface area contributed by atoms with Crippen LogP contribution in [0.2, 0.25) is 0 Å². The van der Waals surface area contributed by atoms with Gasteiger partial charge < -0.3 is 24.8 Å². The number of hydrogen-bond donors (Lipinski definition) is 2. The highest BCUT2D eigenvalue weighted by atomic mass is 127. The number of ether oxygens (including phenoxy) is 3. The number of nitrogens with one attached hydrogen (secondary N) is 2. The van der Waals surface area contributed by atoms with Crippen LogP contribution in [0.3, 0.4) is 0 Å². The normalized spacial score (nSPS) is 19.9. The molecule has 6 nitrogen and oxygen atoms in total. The summed E-state index contributed by atoms with van der Waals surface area (Å²) in [6, 6.07) is 8.31. The van der Waals surface area contributed by atoms with Gasteiger partial charge in [0.15, 0.2) is 5.96 Å². The SMILES string of the molecule is CN=C(NCCCOCC1CCOCC1)NCC1CCOc2ccccc21.I. The molecular formula is C21H34IN3O3. The molecule has 2 heterocycles. The monoisotopic (exact) mass is 503 g/mol. The lowest BCUT2D eigenvalue weighted by Crippen LogP contribution is -2.40. The van der Waals surface area contributed by atoms with E-state index in [0.29, 0.717) is 11.8 Å². The number of nitrogens with zero attached hydrogens (tertiary/aromatic N) is 1. The lowest BCUT2D eigenvalue weighted by atomic mass is 9.93. The molecule has 2 N–H and O–H groups in total. The average Bonchev–Trinajstić information content (AvgIpc) is 2.73. The Morgan fingerprint density at radius 2 is 1.96 bits per heavy atom. The average molecular weight is 503 g/mol. The van der Waals surface area contributed by atoms with Crippen molar-refractivity contribution in [1.29, 1.82) is 0 Å². The summed E-state index contributed by atoms with van der Waals surface area (Å²) in [6.07, 6.45) is 4.26. The summed E-state index contributed by atoms with van der Waals surface area (Å²) < 4.78 is 16.9. The molecule has 1 atom stereocenters. The molecule has 1 fully saturated rings. The Morgan fingerprint density at radius 1 is 1.14 bits per heavy atom. The second kappa shape index (κ2) is 13.2. The zero-order valence-electron chi connectivity index (χ0n) is 16.8. The van der Waals surface area contributed by atoms with Gasteiger partial charge in [0, 0.05) is 52.5 Å². The zero-order chi connectivity index (χ0) is 18.7. The van der Waals surface area contributed by atoms with Gasteiger partial charge in [-0.15, -0.1) is 24.0 Å². The summed E-state index contributed by atoms with van der Waals surface area (Å²) in [5, 5.41) is 6.83. The van der Waals surface area contributed by atoms with Crippen LogP contribution in [0.25, 0.3) is 0 Å². The molecule has 1 aromatic carbocycles. The van der Waals surface area contributed by atoms with Crippen molar-refractivity contribution in [1.82, 2.24) is 10.6 Å². The van der Waals surface area contributed by atoms with E-state index in [-0.39, 0.29) is 24.0 Å². The smallest absolute Gasteiger partial charge is 0.190 e. The lowest BCUT2D eigenvalue weighted by Gasteiger charge is -2.26. The Bertz CT molecular complexity index is 594. The summed E-state index contributed by atoms with van der Waals surface area (Å²) in [7, 11) is 1.81. The molecule has 2 aliphatic heterocycles. The predicted octanol–water partition coefficient (Wildman–Crippen LogP) is 3.17. The van der Waals surface area contributed by atoms with E-state index in [1.165, 1.54) is 5.56 Å². The van der Waals surface area contributed by atoms with E-state index in [2.05, 4.69) is 33.8 Å². The van der Waals surface area contributed by atoms with Crippen LogP contribution in [0, 0.1) is 5.92 Å². The third-order valence-electron chi connectivity index (χ3n) is 5.27. The minimum Gasteiger partial charge on any atom is -0.493 e. The van der Waals surface area contributed by atoms with Crippen LogP contribution >= 0.6 is 24.0 Å². The molecule has 3 rings (SSSR count). The molecule has 0 spiro atoms. The van der Waals surface area contributed by atoms with Crippen LogP contribution in [0.4, 0.5) is 0 Å². The molecule has 1 unspecified atom stereocenters. The van der Waals surface area contributed by atoms with Gasteiger partial charge in [-0.2, -0.15) is 0 Å². The highest BCUT2D eigenvalue weighted by Crippen LogP contribution is 2.32. The van der Waals surface area contributed by atoms with Crippen LogP contribution < -0.4 is 15.4 Å². The first-order valence-corrected chi connectivity index (χ1v) is 10.2. The maximum absolute atomic E-state index is 5.81. The fourth-order valence-corrected chi connectivity index (χ4v) is 3.61. The van der Waals surface area contributed by atoms with Crippen molar-refractivity contribution in [3.8, 4) is 5.75 Å². The van der Waals surface area contributed by atoms with Gasteiger partial charge in [0.1, 0.15) is 5.75 Å². The second-order valence-corrected chi connectivity index (χ2v) is 7.24. The van der Waals surface area contributed by atoms with E-state index in [0.717, 1.165) is 83.5 Å². The number of hydrogen-bond acceptors (Lipinski definition) is 4. The minimum atomic E-state index is 0. The summed E-state index contributed by atoms with van der Waals surface area (Å²) in [5.74, 6) is 2.99. The first-order valence-electron chi connectivity index (χ1n) is 10.2. The van der Waals surface area contributed by atoms with E-state index in [9.17, 15) is 0 Å². The maximum Gasteiger partial charge on any atom is 0.190 e. The number of benzene rings is 1. The Labute approximate surface area is 185 Å². The molecule has 0 aromatic heterocycles. The topological polar surface area (TPSA) is 64.1 Å². The van der Waals surface area contributed by atoms with Crippen LogP contribution in [-0.2, 0) is 9.47 Å². The van der Waals surface area contributed by atoms with Gasteiger partial charge >= 0.3 is 0 Å². The molecule has 0 aliphatic carbocycles. The van der Waals surface area contributed by atoms with E-state index in [4.69, 9.17) is 14.2 Å². The van der Waals surface area contributed by atoms with Crippen molar-refractivity contribution in [2.24, 2.45) is 10.9 Å². The van der Waals surface area contributed by atoms with Gasteiger partial charge in [0.2, 0.25) is 0 Å². The Hall–Kier alpha value is -1.06. The molecule has 7 heteroatoms. The fraction of sp³-hybridized carbons (Fsp3) is 0.667. The van der Waals surface area contributed by atoms with Gasteiger partial charge in [0.25, 0.3) is 0 Å². The van der Waals surface area contributed by atoms with Gasteiger partial charge in [0.05, 0.1) is 6.61 Å². The largest absolute Gasteiger partial charge is 0.493 e. The quantitative estimate of drug-likeness (QED) is 0.247. The second-order valence-electron chi connectivity index (χ2n) is 7.24. The third kappa shape index (κ3) is 7.40. The molecule has 1 aromatic rings. The van der Waals surface area contributed by atoms with Gasteiger partial charge in [-0.3, -0.25) is 4.99 Å². The van der Waals surface area contributed by atoms with Crippen molar-refractivity contribution in [3.05, 3.63) is 29.8 Å².